The van der Waals surface area contributed by atoms with Gasteiger partial charge >= 0.3 is 0 Å². The molecule has 1 heterocycles. The number of aryl methyl sites for hydroxylation is 1. The fourth-order valence-corrected chi connectivity index (χ4v) is 1.19. The molecule has 0 saturated heterocycles. The second-order valence-corrected chi connectivity index (χ2v) is 3.88. The minimum atomic E-state index is -0.0719. The summed E-state index contributed by atoms with van der Waals surface area (Å²) in [7, 11) is 0. The van der Waals surface area contributed by atoms with Crippen LogP contribution in [0.15, 0.2) is 12.1 Å². The minimum absolute atomic E-state index is 0.0719. The summed E-state index contributed by atoms with van der Waals surface area (Å²) in [5.41, 5.74) is 1.52. The van der Waals surface area contributed by atoms with Gasteiger partial charge in [-0.3, -0.25) is 4.98 Å². The summed E-state index contributed by atoms with van der Waals surface area (Å²) in [5.74, 6) is 1.22. The molecule has 15 heavy (non-hydrogen) atoms. The first-order valence-electron chi connectivity index (χ1n) is 5.37. The zero-order valence-corrected chi connectivity index (χ0v) is 9.66. The first-order valence-corrected chi connectivity index (χ1v) is 5.37. The van der Waals surface area contributed by atoms with Gasteiger partial charge in [-0.15, -0.1) is 0 Å². The zero-order chi connectivity index (χ0) is 11.3. The first-order chi connectivity index (χ1) is 7.17. The highest BCUT2D eigenvalue weighted by atomic mass is 16.5. The summed E-state index contributed by atoms with van der Waals surface area (Å²) in [6.45, 7) is 6.78. The molecule has 3 heteroatoms. The van der Waals surface area contributed by atoms with Gasteiger partial charge in [0.05, 0.1) is 13.2 Å². The van der Waals surface area contributed by atoms with Crippen molar-refractivity contribution in [3.05, 3.63) is 23.5 Å². The molecule has 0 aliphatic rings. The van der Waals surface area contributed by atoms with Crippen molar-refractivity contribution >= 4 is 0 Å². The number of hydrogen-bond acceptors (Lipinski definition) is 3. The highest BCUT2D eigenvalue weighted by molar-refractivity contribution is 5.28. The molecule has 3 nitrogen and oxygen atoms in total. The van der Waals surface area contributed by atoms with Crippen molar-refractivity contribution in [3.8, 4) is 5.75 Å². The van der Waals surface area contributed by atoms with E-state index in [0.29, 0.717) is 24.0 Å². The highest BCUT2D eigenvalue weighted by Gasteiger charge is 2.06. The summed E-state index contributed by atoms with van der Waals surface area (Å²) in [6.07, 6.45) is 1.09. The molecular formula is C12H19NO2. The second kappa shape index (κ2) is 5.71. The summed E-state index contributed by atoms with van der Waals surface area (Å²) in [5, 5.41) is 9.12. The largest absolute Gasteiger partial charge is 0.491 e. The maximum atomic E-state index is 9.12. The molecule has 1 unspecified atom stereocenters. The van der Waals surface area contributed by atoms with Crippen LogP contribution in [0, 0.1) is 12.8 Å². The fourth-order valence-electron chi connectivity index (χ4n) is 1.19. The highest BCUT2D eigenvalue weighted by Crippen LogP contribution is 2.18. The Morgan fingerprint density at radius 2 is 2.20 bits per heavy atom. The Morgan fingerprint density at radius 3 is 2.80 bits per heavy atom. The maximum absolute atomic E-state index is 9.12. The average molecular weight is 209 g/mol. The Kier molecular flexibility index (Phi) is 4.56. The van der Waals surface area contributed by atoms with Gasteiger partial charge < -0.3 is 9.84 Å². The lowest BCUT2D eigenvalue weighted by atomic mass is 10.1. The van der Waals surface area contributed by atoms with Crippen LogP contribution < -0.4 is 4.74 Å². The van der Waals surface area contributed by atoms with E-state index < -0.39 is 0 Å². The lowest BCUT2D eigenvalue weighted by molar-refractivity contribution is 0.233. The van der Waals surface area contributed by atoms with Crippen molar-refractivity contribution in [2.45, 2.75) is 33.8 Å². The molecule has 1 N–H and O–H groups in total. The Balaban J connectivity index is 2.67. The maximum Gasteiger partial charge on any atom is 0.143 e. The van der Waals surface area contributed by atoms with Gasteiger partial charge in [0.1, 0.15) is 11.4 Å². The van der Waals surface area contributed by atoms with Crippen LogP contribution in [0.3, 0.4) is 0 Å². The molecule has 0 amide bonds. The van der Waals surface area contributed by atoms with E-state index in [9.17, 15) is 0 Å². The van der Waals surface area contributed by atoms with Crippen LogP contribution in [0.1, 0.15) is 31.7 Å². The van der Waals surface area contributed by atoms with Gasteiger partial charge in [-0.1, -0.05) is 20.3 Å². The Morgan fingerprint density at radius 1 is 1.47 bits per heavy atom. The summed E-state index contributed by atoms with van der Waals surface area (Å²) < 4.78 is 5.61. The van der Waals surface area contributed by atoms with E-state index in [1.165, 1.54) is 0 Å². The number of aliphatic hydroxyl groups excluding tert-OH is 1. The van der Waals surface area contributed by atoms with Gasteiger partial charge in [0.2, 0.25) is 0 Å². The summed E-state index contributed by atoms with van der Waals surface area (Å²) in [6, 6.07) is 3.77. The van der Waals surface area contributed by atoms with Gasteiger partial charge in [-0.2, -0.15) is 0 Å². The molecule has 1 aromatic heterocycles. The van der Waals surface area contributed by atoms with Gasteiger partial charge in [0.15, 0.2) is 0 Å². The number of rotatable bonds is 5. The van der Waals surface area contributed by atoms with E-state index in [-0.39, 0.29) is 6.61 Å². The molecule has 1 atom stereocenters. The molecule has 0 fully saturated rings. The van der Waals surface area contributed by atoms with E-state index in [1.807, 2.05) is 19.1 Å². The van der Waals surface area contributed by atoms with Crippen LogP contribution in [0.4, 0.5) is 0 Å². The van der Waals surface area contributed by atoms with Crippen molar-refractivity contribution < 1.29 is 9.84 Å². The van der Waals surface area contributed by atoms with Crippen LogP contribution in [0.2, 0.25) is 0 Å². The monoisotopic (exact) mass is 209 g/mol. The SMILES string of the molecule is CCC(C)COc1ccc(C)nc1CO. The smallest absolute Gasteiger partial charge is 0.143 e. The topological polar surface area (TPSA) is 42.4 Å². The fraction of sp³-hybridized carbons (Fsp3) is 0.583. The van der Waals surface area contributed by atoms with Crippen LogP contribution in [-0.2, 0) is 6.61 Å². The number of ether oxygens (including phenoxy) is 1. The number of hydrogen-bond donors (Lipinski definition) is 1. The van der Waals surface area contributed by atoms with Crippen LogP contribution in [0.5, 0.6) is 5.75 Å². The van der Waals surface area contributed by atoms with Crippen LogP contribution in [-0.4, -0.2) is 16.7 Å². The van der Waals surface area contributed by atoms with Crippen molar-refractivity contribution in [2.75, 3.05) is 6.61 Å². The molecule has 1 aromatic rings. The summed E-state index contributed by atoms with van der Waals surface area (Å²) in [4.78, 5) is 4.22. The Bertz CT molecular complexity index is 312. The second-order valence-electron chi connectivity index (χ2n) is 3.88. The standard InChI is InChI=1S/C12H19NO2/c1-4-9(2)8-15-12-6-5-10(3)13-11(12)7-14/h5-6,9,14H,4,7-8H2,1-3H3. The van der Waals surface area contributed by atoms with Gasteiger partial charge in [-0.25, -0.2) is 0 Å². The van der Waals surface area contributed by atoms with E-state index in [0.717, 1.165) is 12.1 Å². The number of aromatic nitrogens is 1. The van der Waals surface area contributed by atoms with E-state index in [2.05, 4.69) is 18.8 Å². The van der Waals surface area contributed by atoms with E-state index >= 15 is 0 Å². The van der Waals surface area contributed by atoms with E-state index in [1.54, 1.807) is 0 Å². The number of nitrogens with zero attached hydrogens (tertiary/aromatic N) is 1. The lowest BCUT2D eigenvalue weighted by Crippen LogP contribution is -2.09. The molecule has 0 radical (unpaired) electrons. The third-order valence-electron chi connectivity index (χ3n) is 2.44. The number of pyridine rings is 1. The van der Waals surface area contributed by atoms with E-state index in [4.69, 9.17) is 9.84 Å². The van der Waals surface area contributed by atoms with Crippen LogP contribution in [0.25, 0.3) is 0 Å². The van der Waals surface area contributed by atoms with Crippen LogP contribution >= 0.6 is 0 Å². The molecule has 0 aromatic carbocycles. The Labute approximate surface area is 91.1 Å². The molecule has 0 aliphatic heterocycles. The minimum Gasteiger partial charge on any atom is -0.491 e. The molecular weight excluding hydrogens is 190 g/mol. The average Bonchev–Trinajstić information content (AvgIpc) is 2.26. The molecule has 0 bridgehead atoms. The third-order valence-corrected chi connectivity index (χ3v) is 2.44. The molecule has 0 aliphatic carbocycles. The number of aliphatic hydroxyl groups is 1. The third kappa shape index (κ3) is 3.51. The van der Waals surface area contributed by atoms with Gasteiger partial charge in [0.25, 0.3) is 0 Å². The van der Waals surface area contributed by atoms with Crippen molar-refractivity contribution in [3.63, 3.8) is 0 Å². The molecule has 0 spiro atoms. The predicted octanol–water partition coefficient (Wildman–Crippen LogP) is 2.31. The van der Waals surface area contributed by atoms with Gasteiger partial charge in [0, 0.05) is 5.69 Å². The van der Waals surface area contributed by atoms with Crippen molar-refractivity contribution in [1.29, 1.82) is 0 Å². The normalized spacial score (nSPS) is 12.5. The summed E-state index contributed by atoms with van der Waals surface area (Å²) >= 11 is 0. The quantitative estimate of drug-likeness (QED) is 0.809. The lowest BCUT2D eigenvalue weighted by Gasteiger charge is -2.13. The van der Waals surface area contributed by atoms with Crippen molar-refractivity contribution in [1.82, 2.24) is 4.98 Å². The zero-order valence-electron chi connectivity index (χ0n) is 9.66. The molecule has 84 valence electrons. The van der Waals surface area contributed by atoms with Gasteiger partial charge in [-0.05, 0) is 25.0 Å². The molecule has 0 saturated carbocycles. The predicted molar refractivity (Wildman–Crippen MR) is 59.8 cm³/mol. The first kappa shape index (κ1) is 12.0. The Hall–Kier alpha value is -1.09. The molecule has 1 rings (SSSR count). The van der Waals surface area contributed by atoms with Crippen molar-refractivity contribution in [2.24, 2.45) is 5.92 Å².